The van der Waals surface area contributed by atoms with E-state index in [2.05, 4.69) is 9.98 Å². The monoisotopic (exact) mass is 148 g/mol. The van der Waals surface area contributed by atoms with Crippen LogP contribution in [0.1, 0.15) is 0 Å². The summed E-state index contributed by atoms with van der Waals surface area (Å²) in [5, 5.41) is 25.5. The molecule has 10 heavy (non-hydrogen) atoms. The van der Waals surface area contributed by atoms with E-state index in [1.165, 1.54) is 0 Å². The summed E-state index contributed by atoms with van der Waals surface area (Å²) in [6, 6.07) is -0.820. The van der Waals surface area contributed by atoms with Crippen LogP contribution in [0.5, 0.6) is 0 Å². The van der Waals surface area contributed by atoms with Crippen LogP contribution in [0.3, 0.4) is 0 Å². The maximum absolute atomic E-state index is 12.3. The van der Waals surface area contributed by atoms with Crippen molar-refractivity contribution >= 4 is 11.9 Å². The Morgan fingerprint density at radius 2 is 2.00 bits per heavy atom. The Balaban J connectivity index is 2.85. The normalized spacial score (nSPS) is 33.0. The summed E-state index contributed by atoms with van der Waals surface area (Å²) in [5.74, 6) is -0.958. The molecule has 1 aliphatic heterocycles. The van der Waals surface area contributed by atoms with Crippen molar-refractivity contribution < 1.29 is 19.7 Å². The predicted molar refractivity (Wildman–Crippen MR) is 31.0 cm³/mol. The number of alkyl halides is 1. The van der Waals surface area contributed by atoms with E-state index in [1.54, 1.807) is 0 Å². The Hall–Kier alpha value is -1.17. The smallest absolute Gasteiger partial charge is 0.314 e. The van der Waals surface area contributed by atoms with E-state index < -0.39 is 24.3 Å². The number of hydrogen-bond acceptors (Lipinski definition) is 3. The highest BCUT2D eigenvalue weighted by molar-refractivity contribution is 5.93. The summed E-state index contributed by atoms with van der Waals surface area (Å²) in [7, 11) is 0. The fraction of sp³-hybridized carbons (Fsp3) is 0.500. The van der Waals surface area contributed by atoms with Crippen LogP contribution in [0.2, 0.25) is 0 Å². The highest BCUT2D eigenvalue weighted by atomic mass is 19.1. The van der Waals surface area contributed by atoms with Gasteiger partial charge in [-0.05, 0) is 0 Å². The van der Waals surface area contributed by atoms with Crippen LogP contribution in [0, 0.1) is 0 Å². The zero-order valence-corrected chi connectivity index (χ0v) is 4.77. The predicted octanol–water partition coefficient (Wildman–Crippen LogP) is -0.473. The third-order valence-corrected chi connectivity index (χ3v) is 0.971. The summed E-state index contributed by atoms with van der Waals surface area (Å²) in [5.41, 5.74) is 0. The van der Waals surface area contributed by atoms with E-state index >= 15 is 0 Å². The quantitative estimate of drug-likeness (QED) is 0.434. The van der Waals surface area contributed by atoms with Crippen molar-refractivity contribution in [2.45, 2.75) is 12.4 Å². The topological polar surface area (TPSA) is 85.4 Å². The molecule has 0 aromatic rings. The lowest BCUT2D eigenvalue weighted by atomic mass is 10.3. The Kier molecular flexibility index (Phi) is 1.54. The molecule has 0 radical (unpaired) electrons. The molecule has 5 nitrogen and oxygen atoms in total. The summed E-state index contributed by atoms with van der Waals surface area (Å²) in [6.45, 7) is 0. The second-order valence-corrected chi connectivity index (χ2v) is 1.71. The maximum atomic E-state index is 12.3. The van der Waals surface area contributed by atoms with E-state index in [9.17, 15) is 4.39 Å². The van der Waals surface area contributed by atoms with Crippen molar-refractivity contribution in [2.24, 2.45) is 9.98 Å². The fourth-order valence-corrected chi connectivity index (χ4v) is 0.510. The molecule has 0 fully saturated rings. The van der Waals surface area contributed by atoms with Crippen molar-refractivity contribution in [3.63, 3.8) is 0 Å². The van der Waals surface area contributed by atoms with Crippen molar-refractivity contribution in [1.29, 1.82) is 0 Å². The van der Waals surface area contributed by atoms with Gasteiger partial charge in [-0.1, -0.05) is 0 Å². The lowest BCUT2D eigenvalue weighted by Gasteiger charge is -2.12. The van der Waals surface area contributed by atoms with Gasteiger partial charge in [-0.3, -0.25) is 0 Å². The number of nitrogens with zero attached hydrogens (tertiary/aromatic N) is 2. The van der Waals surface area contributed by atoms with Crippen molar-refractivity contribution in [3.8, 4) is 0 Å². The first-order valence-corrected chi connectivity index (χ1v) is 2.47. The molecule has 2 unspecified atom stereocenters. The molecule has 3 N–H and O–H groups in total. The third kappa shape index (κ3) is 1.06. The fourth-order valence-electron chi connectivity index (χ4n) is 0.510. The third-order valence-electron chi connectivity index (χ3n) is 0.971. The molecule has 6 heteroatoms. The second-order valence-electron chi connectivity index (χ2n) is 1.71. The van der Waals surface area contributed by atoms with Crippen LogP contribution in [0.15, 0.2) is 9.98 Å². The SMILES string of the molecule is OC1=NC(O)C(F)C(O)=N1. The molecule has 56 valence electrons. The standard InChI is InChI=1S/C4H5FN2O3/c5-1-2(8)6-4(10)7-3(1)9/h1-2,8H,(H2,6,7,9,10). The van der Waals surface area contributed by atoms with Gasteiger partial charge < -0.3 is 15.3 Å². The molecule has 1 heterocycles. The van der Waals surface area contributed by atoms with Gasteiger partial charge in [0.25, 0.3) is 0 Å². The molecule has 0 spiro atoms. The Bertz CT molecular complexity index is 203. The number of rotatable bonds is 0. The van der Waals surface area contributed by atoms with Crippen LogP contribution in [0.25, 0.3) is 0 Å². The van der Waals surface area contributed by atoms with Gasteiger partial charge in [-0.15, -0.1) is 0 Å². The van der Waals surface area contributed by atoms with Crippen molar-refractivity contribution in [3.05, 3.63) is 0 Å². The zero-order valence-electron chi connectivity index (χ0n) is 4.77. The molecule has 1 rings (SSSR count). The molecular weight excluding hydrogens is 143 g/mol. The van der Waals surface area contributed by atoms with Gasteiger partial charge in [-0.2, -0.15) is 9.98 Å². The average molecular weight is 148 g/mol. The lowest BCUT2D eigenvalue weighted by molar-refractivity contribution is 0.106. The number of aliphatic hydroxyl groups excluding tert-OH is 3. The highest BCUT2D eigenvalue weighted by Gasteiger charge is 2.28. The van der Waals surface area contributed by atoms with Gasteiger partial charge in [0, 0.05) is 0 Å². The van der Waals surface area contributed by atoms with Crippen molar-refractivity contribution in [2.75, 3.05) is 0 Å². The van der Waals surface area contributed by atoms with Gasteiger partial charge in [0.15, 0.2) is 6.23 Å². The van der Waals surface area contributed by atoms with Gasteiger partial charge in [0.2, 0.25) is 12.1 Å². The van der Waals surface area contributed by atoms with E-state index in [-0.39, 0.29) is 0 Å². The molecule has 0 saturated heterocycles. The Morgan fingerprint density at radius 1 is 1.40 bits per heavy atom. The van der Waals surface area contributed by atoms with Gasteiger partial charge in [0.1, 0.15) is 0 Å². The highest BCUT2D eigenvalue weighted by Crippen LogP contribution is 2.07. The van der Waals surface area contributed by atoms with E-state index in [0.717, 1.165) is 0 Å². The van der Waals surface area contributed by atoms with Gasteiger partial charge in [-0.25, -0.2) is 4.39 Å². The van der Waals surface area contributed by atoms with Crippen LogP contribution in [0.4, 0.5) is 4.39 Å². The summed E-state index contributed by atoms with van der Waals surface area (Å²) >= 11 is 0. The maximum Gasteiger partial charge on any atom is 0.314 e. The molecule has 0 aromatic carbocycles. The van der Waals surface area contributed by atoms with Gasteiger partial charge in [0.05, 0.1) is 0 Å². The van der Waals surface area contributed by atoms with E-state index in [0.29, 0.717) is 0 Å². The van der Waals surface area contributed by atoms with E-state index in [1.807, 2.05) is 0 Å². The molecule has 0 saturated carbocycles. The lowest BCUT2D eigenvalue weighted by Crippen LogP contribution is -2.33. The minimum Gasteiger partial charge on any atom is -0.494 e. The second kappa shape index (κ2) is 2.22. The first-order chi connectivity index (χ1) is 4.61. The first-order valence-electron chi connectivity index (χ1n) is 2.47. The summed E-state index contributed by atoms with van der Waals surface area (Å²) in [6.07, 6.45) is -3.78. The molecule has 2 atom stereocenters. The van der Waals surface area contributed by atoms with E-state index in [4.69, 9.17) is 15.3 Å². The molecule has 0 aromatic heterocycles. The summed E-state index contributed by atoms with van der Waals surface area (Å²) in [4.78, 5) is 5.78. The molecule has 0 bridgehead atoms. The number of aliphatic imine (C=N–C) groups is 2. The van der Waals surface area contributed by atoms with Crippen LogP contribution in [-0.2, 0) is 0 Å². The first kappa shape index (κ1) is 6.94. The number of halogens is 1. The number of aliphatic hydroxyl groups is 3. The zero-order chi connectivity index (χ0) is 7.72. The largest absolute Gasteiger partial charge is 0.494 e. The van der Waals surface area contributed by atoms with Crippen LogP contribution < -0.4 is 0 Å². The van der Waals surface area contributed by atoms with Gasteiger partial charge >= 0.3 is 6.02 Å². The molecule has 0 amide bonds. The molecule has 0 aliphatic carbocycles. The minimum atomic E-state index is -2.03. The number of amidine groups is 1. The molecule has 1 aliphatic rings. The van der Waals surface area contributed by atoms with Crippen molar-refractivity contribution in [1.82, 2.24) is 0 Å². The minimum absolute atomic E-state index is 0.820. The van der Waals surface area contributed by atoms with Crippen LogP contribution >= 0.6 is 0 Å². The molecular formula is C4H5FN2O3. The summed E-state index contributed by atoms with van der Waals surface area (Å²) < 4.78 is 12.3. The Labute approximate surface area is 55.2 Å². The number of hydrogen-bond donors (Lipinski definition) is 3. The average Bonchev–Trinajstić information content (AvgIpc) is 1.82. The Morgan fingerprint density at radius 3 is 2.50 bits per heavy atom. The van der Waals surface area contributed by atoms with Crippen LogP contribution in [-0.4, -0.2) is 39.6 Å².